The van der Waals surface area contributed by atoms with Crippen LogP contribution in [0.25, 0.3) is 0 Å². The number of thioether (sulfide) groups is 1. The van der Waals surface area contributed by atoms with Gasteiger partial charge in [0.2, 0.25) is 11.8 Å². The second kappa shape index (κ2) is 14.2. The number of carbonyl (C=O) groups excluding carboxylic acids is 2. The molecule has 0 aromatic carbocycles. The van der Waals surface area contributed by atoms with Gasteiger partial charge in [0, 0.05) is 6.42 Å². The monoisotopic (exact) mass is 406 g/mol. The number of aliphatic carboxylic acids is 2. The Kier molecular flexibility index (Phi) is 13.3. The lowest BCUT2D eigenvalue weighted by Gasteiger charge is -2.22. The van der Waals surface area contributed by atoms with Gasteiger partial charge < -0.3 is 32.3 Å². The first kappa shape index (κ1) is 25.1. The Morgan fingerprint density at radius 3 is 2.11 bits per heavy atom. The number of amides is 2. The predicted molar refractivity (Wildman–Crippen MR) is 102 cm³/mol. The SMILES string of the molecule is CSCC[C@H](NC(=O)[C@@H](N)CCC(=O)O)C(=O)N[C@@H](CCCCN)C(=O)O. The molecule has 156 valence electrons. The fourth-order valence-corrected chi connectivity index (χ4v) is 2.69. The van der Waals surface area contributed by atoms with E-state index in [4.69, 9.17) is 16.6 Å². The number of hydrogen-bond donors (Lipinski definition) is 6. The molecule has 0 heterocycles. The Morgan fingerprint density at radius 2 is 1.59 bits per heavy atom. The largest absolute Gasteiger partial charge is 0.481 e. The Labute approximate surface area is 162 Å². The molecule has 11 heteroatoms. The van der Waals surface area contributed by atoms with E-state index in [0.717, 1.165) is 0 Å². The van der Waals surface area contributed by atoms with Crippen molar-refractivity contribution in [3.05, 3.63) is 0 Å². The van der Waals surface area contributed by atoms with Gasteiger partial charge in [-0.05, 0) is 50.7 Å². The van der Waals surface area contributed by atoms with Gasteiger partial charge in [0.1, 0.15) is 12.1 Å². The summed E-state index contributed by atoms with van der Waals surface area (Å²) in [5.74, 6) is -2.92. The third-order valence-electron chi connectivity index (χ3n) is 3.81. The van der Waals surface area contributed by atoms with Crippen molar-refractivity contribution in [1.82, 2.24) is 10.6 Å². The molecule has 10 nitrogen and oxygen atoms in total. The zero-order valence-electron chi connectivity index (χ0n) is 15.5. The molecule has 0 fully saturated rings. The molecule has 0 aliphatic carbocycles. The van der Waals surface area contributed by atoms with Gasteiger partial charge in [-0.3, -0.25) is 14.4 Å². The highest BCUT2D eigenvalue weighted by Gasteiger charge is 2.27. The summed E-state index contributed by atoms with van der Waals surface area (Å²) in [7, 11) is 0. The minimum atomic E-state index is -1.16. The molecule has 0 saturated heterocycles. The van der Waals surface area contributed by atoms with E-state index in [0.29, 0.717) is 31.6 Å². The molecule has 0 aliphatic rings. The fraction of sp³-hybridized carbons (Fsp3) is 0.750. The zero-order valence-corrected chi connectivity index (χ0v) is 16.3. The van der Waals surface area contributed by atoms with Gasteiger partial charge in [-0.15, -0.1) is 0 Å². The van der Waals surface area contributed by atoms with Crippen molar-refractivity contribution in [2.24, 2.45) is 11.5 Å². The lowest BCUT2D eigenvalue weighted by Crippen LogP contribution is -2.54. The van der Waals surface area contributed by atoms with Gasteiger partial charge in [0.25, 0.3) is 0 Å². The maximum Gasteiger partial charge on any atom is 0.326 e. The maximum atomic E-state index is 12.5. The van der Waals surface area contributed by atoms with E-state index in [1.807, 2.05) is 6.26 Å². The summed E-state index contributed by atoms with van der Waals surface area (Å²) >= 11 is 1.47. The van der Waals surface area contributed by atoms with Gasteiger partial charge in [0.05, 0.1) is 6.04 Å². The smallest absolute Gasteiger partial charge is 0.326 e. The average molecular weight is 407 g/mol. The quantitative estimate of drug-likeness (QED) is 0.188. The second-order valence-electron chi connectivity index (χ2n) is 6.07. The molecule has 0 rings (SSSR count). The summed E-state index contributed by atoms with van der Waals surface area (Å²) in [5, 5.41) is 22.8. The Balaban J connectivity index is 4.87. The number of nitrogens with one attached hydrogen (secondary N) is 2. The van der Waals surface area contributed by atoms with Gasteiger partial charge in [-0.25, -0.2) is 4.79 Å². The Morgan fingerprint density at radius 1 is 0.963 bits per heavy atom. The van der Waals surface area contributed by atoms with Crippen molar-refractivity contribution in [3.8, 4) is 0 Å². The van der Waals surface area contributed by atoms with E-state index >= 15 is 0 Å². The summed E-state index contributed by atoms with van der Waals surface area (Å²) in [4.78, 5) is 46.5. The summed E-state index contributed by atoms with van der Waals surface area (Å²) < 4.78 is 0. The molecule has 0 spiro atoms. The molecule has 0 bridgehead atoms. The molecule has 0 aromatic rings. The topological polar surface area (TPSA) is 185 Å². The summed E-state index contributed by atoms with van der Waals surface area (Å²) in [6.45, 7) is 0.431. The van der Waals surface area contributed by atoms with E-state index in [1.54, 1.807) is 0 Å². The van der Waals surface area contributed by atoms with Crippen LogP contribution in [0.2, 0.25) is 0 Å². The van der Waals surface area contributed by atoms with Gasteiger partial charge in [-0.2, -0.15) is 11.8 Å². The highest BCUT2D eigenvalue weighted by molar-refractivity contribution is 7.98. The maximum absolute atomic E-state index is 12.5. The van der Waals surface area contributed by atoms with Crippen LogP contribution in [0.3, 0.4) is 0 Å². The van der Waals surface area contributed by atoms with Gasteiger partial charge in [-0.1, -0.05) is 0 Å². The number of unbranched alkanes of at least 4 members (excludes halogenated alkanes) is 1. The highest BCUT2D eigenvalue weighted by atomic mass is 32.2. The zero-order chi connectivity index (χ0) is 20.8. The fourth-order valence-electron chi connectivity index (χ4n) is 2.22. The van der Waals surface area contributed by atoms with Crippen LogP contribution in [0.4, 0.5) is 0 Å². The average Bonchev–Trinajstić information content (AvgIpc) is 2.61. The van der Waals surface area contributed by atoms with E-state index in [9.17, 15) is 24.3 Å². The van der Waals surface area contributed by atoms with Crippen LogP contribution in [0.15, 0.2) is 0 Å². The van der Waals surface area contributed by atoms with Crippen molar-refractivity contribution in [2.45, 2.75) is 56.7 Å². The van der Waals surface area contributed by atoms with Crippen LogP contribution in [-0.4, -0.2) is 70.6 Å². The molecule has 0 saturated carbocycles. The lowest BCUT2D eigenvalue weighted by atomic mass is 10.1. The van der Waals surface area contributed by atoms with Crippen molar-refractivity contribution >= 4 is 35.5 Å². The predicted octanol–water partition coefficient (Wildman–Crippen LogP) is -0.885. The summed E-state index contributed by atoms with van der Waals surface area (Å²) in [6.07, 6.45) is 3.23. The minimum Gasteiger partial charge on any atom is -0.481 e. The first-order chi connectivity index (χ1) is 12.7. The molecule has 3 atom stereocenters. The number of carboxylic acid groups (broad SMARTS) is 2. The van der Waals surface area contributed by atoms with E-state index in [2.05, 4.69) is 10.6 Å². The normalized spacial score (nSPS) is 14.0. The van der Waals surface area contributed by atoms with Crippen LogP contribution in [0, 0.1) is 0 Å². The Hall–Kier alpha value is -1.85. The van der Waals surface area contributed by atoms with Crippen LogP contribution in [0.1, 0.15) is 38.5 Å². The van der Waals surface area contributed by atoms with Crippen LogP contribution in [0.5, 0.6) is 0 Å². The number of nitrogens with two attached hydrogens (primary N) is 2. The molecule has 2 amide bonds. The van der Waals surface area contributed by atoms with Gasteiger partial charge >= 0.3 is 11.9 Å². The number of carbonyl (C=O) groups is 4. The lowest BCUT2D eigenvalue weighted by molar-refractivity contribution is -0.142. The molecular weight excluding hydrogens is 376 g/mol. The molecule has 0 aromatic heterocycles. The van der Waals surface area contributed by atoms with Crippen molar-refractivity contribution < 1.29 is 29.4 Å². The van der Waals surface area contributed by atoms with Gasteiger partial charge in [0.15, 0.2) is 0 Å². The molecule has 0 aliphatic heterocycles. The summed E-state index contributed by atoms with van der Waals surface area (Å²) in [5.41, 5.74) is 11.0. The second-order valence-corrected chi connectivity index (χ2v) is 7.05. The Bertz CT molecular complexity index is 505. The van der Waals surface area contributed by atoms with Crippen LogP contribution < -0.4 is 22.1 Å². The first-order valence-corrected chi connectivity index (χ1v) is 10.1. The standard InChI is InChI=1S/C16H30N4O6S/c1-27-9-7-11(19-14(23)10(18)5-6-13(21)22)15(24)20-12(16(25)26)4-2-3-8-17/h10-12H,2-9,17-18H2,1H3,(H,19,23)(H,20,24)(H,21,22)(H,25,26)/t10-,11-,12-/m0/s1. The molecule has 8 N–H and O–H groups in total. The molecule has 0 unspecified atom stereocenters. The van der Waals surface area contributed by atoms with Crippen molar-refractivity contribution in [1.29, 1.82) is 0 Å². The molecule has 0 radical (unpaired) electrons. The van der Waals surface area contributed by atoms with E-state index in [-0.39, 0.29) is 19.3 Å². The van der Waals surface area contributed by atoms with Crippen molar-refractivity contribution in [2.75, 3.05) is 18.6 Å². The van der Waals surface area contributed by atoms with E-state index < -0.39 is 41.9 Å². The van der Waals surface area contributed by atoms with E-state index in [1.165, 1.54) is 11.8 Å². The van der Waals surface area contributed by atoms with Crippen molar-refractivity contribution in [3.63, 3.8) is 0 Å². The molecular formula is C16H30N4O6S. The highest BCUT2D eigenvalue weighted by Crippen LogP contribution is 2.06. The number of carboxylic acids is 2. The molecule has 27 heavy (non-hydrogen) atoms. The van der Waals surface area contributed by atoms with Crippen LogP contribution in [-0.2, 0) is 19.2 Å². The first-order valence-electron chi connectivity index (χ1n) is 8.72. The third kappa shape index (κ3) is 11.5. The van der Waals surface area contributed by atoms with Crippen LogP contribution >= 0.6 is 11.8 Å². The number of rotatable bonds is 15. The summed E-state index contributed by atoms with van der Waals surface area (Å²) in [6, 6.07) is -3.08. The number of hydrogen-bond acceptors (Lipinski definition) is 7. The third-order valence-corrected chi connectivity index (χ3v) is 4.46. The minimum absolute atomic E-state index is 0.0606.